The normalized spacial score (nSPS) is 13.8. The minimum atomic E-state index is 0.484. The van der Waals surface area contributed by atoms with Crippen molar-refractivity contribution in [3.63, 3.8) is 0 Å². The van der Waals surface area contributed by atoms with E-state index in [0.29, 0.717) is 11.8 Å². The minimum absolute atomic E-state index is 0.484. The first-order chi connectivity index (χ1) is 8.22. The summed E-state index contributed by atoms with van der Waals surface area (Å²) < 4.78 is 0.718. The maximum absolute atomic E-state index is 5.72. The van der Waals surface area contributed by atoms with Gasteiger partial charge < -0.3 is 10.6 Å². The Labute approximate surface area is 108 Å². The molecule has 0 fully saturated rings. The number of nitrogens with two attached hydrogens (primary N) is 1. The highest BCUT2D eigenvalue weighted by molar-refractivity contribution is 9.10. The molecule has 0 aliphatic carbocycles. The molecule has 1 aliphatic rings. The van der Waals surface area contributed by atoms with Crippen molar-refractivity contribution in [3.05, 3.63) is 46.1 Å². The highest BCUT2D eigenvalue weighted by atomic mass is 79.9. The van der Waals surface area contributed by atoms with Gasteiger partial charge in [0.25, 0.3) is 0 Å². The molecule has 3 rings (SSSR count). The lowest BCUT2D eigenvalue weighted by atomic mass is 10.1. The second-order valence-electron chi connectivity index (χ2n) is 4.04. The number of fused-ring (bicyclic) bond motifs is 1. The van der Waals surface area contributed by atoms with E-state index >= 15 is 0 Å². The minimum Gasteiger partial charge on any atom is -0.383 e. The maximum Gasteiger partial charge on any atom is 0.228 e. The highest BCUT2D eigenvalue weighted by Gasteiger charge is 2.20. The second-order valence-corrected chi connectivity index (χ2v) is 4.85. The van der Waals surface area contributed by atoms with Gasteiger partial charge in [-0.1, -0.05) is 24.3 Å². The zero-order valence-electron chi connectivity index (χ0n) is 9.10. The Kier molecular flexibility index (Phi) is 2.48. The Morgan fingerprint density at radius 1 is 1.12 bits per heavy atom. The maximum atomic E-state index is 5.72. The van der Waals surface area contributed by atoms with Crippen molar-refractivity contribution in [3.8, 4) is 0 Å². The zero-order valence-corrected chi connectivity index (χ0v) is 10.7. The number of anilines is 2. The number of nitrogen functional groups attached to an aromatic ring is 1. The molecular weight excluding hydrogens is 280 g/mol. The van der Waals surface area contributed by atoms with Crippen molar-refractivity contribution in [1.29, 1.82) is 0 Å². The molecule has 0 amide bonds. The number of hydrogen-bond acceptors (Lipinski definition) is 4. The Balaban J connectivity index is 1.93. The van der Waals surface area contributed by atoms with Gasteiger partial charge in [0.2, 0.25) is 5.95 Å². The largest absolute Gasteiger partial charge is 0.383 e. The molecule has 0 saturated carbocycles. The molecule has 4 nitrogen and oxygen atoms in total. The lowest BCUT2D eigenvalue weighted by Crippen LogP contribution is -2.18. The first-order valence-corrected chi connectivity index (χ1v) is 6.13. The van der Waals surface area contributed by atoms with Gasteiger partial charge in [-0.15, -0.1) is 0 Å². The summed E-state index contributed by atoms with van der Waals surface area (Å²) in [6.07, 6.45) is 0. The molecule has 1 aromatic heterocycles. The molecule has 1 aromatic carbocycles. The van der Waals surface area contributed by atoms with Crippen LogP contribution in [0.5, 0.6) is 0 Å². The summed E-state index contributed by atoms with van der Waals surface area (Å²) in [5.74, 6) is 1.16. The molecule has 1 aliphatic heterocycles. The summed E-state index contributed by atoms with van der Waals surface area (Å²) in [6.45, 7) is 1.68. The van der Waals surface area contributed by atoms with E-state index in [4.69, 9.17) is 5.73 Å². The van der Waals surface area contributed by atoms with Crippen LogP contribution in [0, 0.1) is 0 Å². The van der Waals surface area contributed by atoms with Crippen molar-refractivity contribution in [2.75, 3.05) is 10.6 Å². The van der Waals surface area contributed by atoms with Gasteiger partial charge in [0.1, 0.15) is 10.4 Å². The Morgan fingerprint density at radius 2 is 1.76 bits per heavy atom. The lowest BCUT2D eigenvalue weighted by Gasteiger charge is -2.15. The van der Waals surface area contributed by atoms with Gasteiger partial charge in [-0.05, 0) is 27.1 Å². The monoisotopic (exact) mass is 290 g/mol. The van der Waals surface area contributed by atoms with Crippen LogP contribution in [-0.4, -0.2) is 9.97 Å². The molecule has 0 unspecified atom stereocenters. The predicted molar refractivity (Wildman–Crippen MR) is 70.5 cm³/mol. The average Bonchev–Trinajstić information content (AvgIpc) is 2.71. The summed E-state index contributed by atoms with van der Waals surface area (Å²) in [4.78, 5) is 10.7. The average molecular weight is 291 g/mol. The molecule has 2 N–H and O–H groups in total. The fourth-order valence-corrected chi connectivity index (χ4v) is 2.43. The molecule has 0 radical (unpaired) electrons. The standard InChI is InChI=1S/C12H11BrN4/c13-10-5-11(14)16-12(15-10)17-6-8-3-1-2-4-9(8)7-17/h1-5H,6-7H2,(H2,14,15,16). The molecular formula is C12H11BrN4. The second kappa shape index (κ2) is 4.00. The summed E-state index contributed by atoms with van der Waals surface area (Å²) in [5.41, 5.74) is 8.38. The fourth-order valence-electron chi connectivity index (χ4n) is 2.04. The van der Waals surface area contributed by atoms with E-state index in [1.807, 2.05) is 0 Å². The van der Waals surface area contributed by atoms with Crippen LogP contribution in [-0.2, 0) is 13.1 Å². The molecule has 5 heteroatoms. The predicted octanol–water partition coefficient (Wildman–Crippen LogP) is 2.34. The van der Waals surface area contributed by atoms with Crippen molar-refractivity contribution in [1.82, 2.24) is 9.97 Å². The highest BCUT2D eigenvalue weighted by Crippen LogP contribution is 2.26. The summed E-state index contributed by atoms with van der Waals surface area (Å²) in [7, 11) is 0. The molecule has 86 valence electrons. The van der Waals surface area contributed by atoms with Crippen molar-refractivity contribution in [2.24, 2.45) is 0 Å². The van der Waals surface area contributed by atoms with Crippen molar-refractivity contribution >= 4 is 27.7 Å². The molecule has 0 bridgehead atoms. The quantitative estimate of drug-likeness (QED) is 0.819. The number of halogens is 1. The summed E-state index contributed by atoms with van der Waals surface area (Å²) >= 11 is 3.34. The SMILES string of the molecule is Nc1cc(Br)nc(N2Cc3ccccc3C2)n1. The van der Waals surface area contributed by atoms with Gasteiger partial charge >= 0.3 is 0 Å². The third kappa shape index (κ3) is 1.98. The zero-order chi connectivity index (χ0) is 11.8. The van der Waals surface area contributed by atoms with E-state index in [9.17, 15) is 0 Å². The smallest absolute Gasteiger partial charge is 0.228 e. The van der Waals surface area contributed by atoms with Gasteiger partial charge in [0, 0.05) is 19.2 Å². The number of rotatable bonds is 1. The molecule has 17 heavy (non-hydrogen) atoms. The van der Waals surface area contributed by atoms with Gasteiger partial charge in [-0.3, -0.25) is 0 Å². The number of aromatic nitrogens is 2. The first-order valence-electron chi connectivity index (χ1n) is 5.34. The number of hydrogen-bond donors (Lipinski definition) is 1. The van der Waals surface area contributed by atoms with Crippen LogP contribution in [0.4, 0.5) is 11.8 Å². The number of nitrogens with zero attached hydrogens (tertiary/aromatic N) is 3. The Hall–Kier alpha value is -1.62. The lowest BCUT2D eigenvalue weighted by molar-refractivity contribution is 0.827. The van der Waals surface area contributed by atoms with Crippen LogP contribution in [0.15, 0.2) is 34.9 Å². The Morgan fingerprint density at radius 3 is 2.35 bits per heavy atom. The van der Waals surface area contributed by atoms with Crippen LogP contribution in [0.25, 0.3) is 0 Å². The first kappa shape index (κ1) is 10.5. The van der Waals surface area contributed by atoms with Gasteiger partial charge in [0.05, 0.1) is 0 Å². The van der Waals surface area contributed by atoms with E-state index in [2.05, 4.69) is 55.1 Å². The topological polar surface area (TPSA) is 55.0 Å². The third-order valence-corrected chi connectivity index (χ3v) is 3.23. The van der Waals surface area contributed by atoms with E-state index in [-0.39, 0.29) is 0 Å². The van der Waals surface area contributed by atoms with E-state index in [1.54, 1.807) is 6.07 Å². The van der Waals surface area contributed by atoms with Crippen LogP contribution >= 0.6 is 15.9 Å². The van der Waals surface area contributed by atoms with Crippen LogP contribution in [0.3, 0.4) is 0 Å². The van der Waals surface area contributed by atoms with Crippen LogP contribution < -0.4 is 10.6 Å². The Bertz CT molecular complexity index is 525. The summed E-state index contributed by atoms with van der Waals surface area (Å²) in [6, 6.07) is 10.1. The molecule has 2 heterocycles. The van der Waals surface area contributed by atoms with Gasteiger partial charge in [-0.25, -0.2) is 4.98 Å². The number of benzene rings is 1. The van der Waals surface area contributed by atoms with Crippen molar-refractivity contribution < 1.29 is 0 Å². The molecule has 0 spiro atoms. The molecule has 0 atom stereocenters. The van der Waals surface area contributed by atoms with E-state index in [0.717, 1.165) is 17.7 Å². The van der Waals surface area contributed by atoms with Crippen LogP contribution in [0.2, 0.25) is 0 Å². The molecule has 2 aromatic rings. The van der Waals surface area contributed by atoms with Gasteiger partial charge in [0.15, 0.2) is 0 Å². The van der Waals surface area contributed by atoms with E-state index < -0.39 is 0 Å². The molecule has 0 saturated heterocycles. The van der Waals surface area contributed by atoms with Crippen LogP contribution in [0.1, 0.15) is 11.1 Å². The third-order valence-electron chi connectivity index (χ3n) is 2.83. The fraction of sp³-hybridized carbons (Fsp3) is 0.167. The van der Waals surface area contributed by atoms with E-state index in [1.165, 1.54) is 11.1 Å². The summed E-state index contributed by atoms with van der Waals surface area (Å²) in [5, 5.41) is 0. The van der Waals surface area contributed by atoms with Crippen molar-refractivity contribution in [2.45, 2.75) is 13.1 Å². The van der Waals surface area contributed by atoms with Gasteiger partial charge in [-0.2, -0.15) is 4.98 Å².